The van der Waals surface area contributed by atoms with Crippen LogP contribution in [0.5, 0.6) is 0 Å². The minimum atomic E-state index is 0.121. The van der Waals surface area contributed by atoms with E-state index in [1.165, 1.54) is 16.0 Å². The van der Waals surface area contributed by atoms with Crippen molar-refractivity contribution >= 4 is 34.9 Å². The van der Waals surface area contributed by atoms with Gasteiger partial charge in [-0.15, -0.1) is 23.1 Å². The van der Waals surface area contributed by atoms with Crippen molar-refractivity contribution in [3.8, 4) is 0 Å². The van der Waals surface area contributed by atoms with Crippen LogP contribution in [0.3, 0.4) is 0 Å². The third kappa shape index (κ3) is 5.80. The molecule has 2 aromatic carbocycles. The maximum Gasteiger partial charge on any atom is 0.236 e. The number of hydrogen-bond acceptors (Lipinski definition) is 5. The highest BCUT2D eigenvalue weighted by atomic mass is 32.2. The van der Waals surface area contributed by atoms with E-state index in [4.69, 9.17) is 0 Å². The van der Waals surface area contributed by atoms with Crippen molar-refractivity contribution in [1.29, 1.82) is 0 Å². The summed E-state index contributed by atoms with van der Waals surface area (Å²) in [4.78, 5) is 35.0. The second kappa shape index (κ2) is 11.4. The third-order valence-electron chi connectivity index (χ3n) is 6.83. The fourth-order valence-electron chi connectivity index (χ4n) is 5.01. The third-order valence-corrected chi connectivity index (χ3v) is 8.82. The van der Waals surface area contributed by atoms with E-state index >= 15 is 0 Å². The number of carbonyl (C=O) groups is 2. The minimum Gasteiger partial charge on any atom is -0.340 e. The molecule has 35 heavy (non-hydrogen) atoms. The molecular weight excluding hydrogens is 474 g/mol. The molecule has 0 N–H and O–H groups in total. The molecule has 7 heteroatoms. The summed E-state index contributed by atoms with van der Waals surface area (Å²) < 4.78 is 0. The quantitative estimate of drug-likeness (QED) is 0.461. The Bertz CT molecular complexity index is 1140. The molecule has 1 saturated heterocycles. The molecule has 1 unspecified atom stereocenters. The maximum absolute atomic E-state index is 13.4. The fraction of sp³-hybridized carbons (Fsp3) is 0.357. The molecule has 0 radical (unpaired) electrons. The molecule has 5 nitrogen and oxygen atoms in total. The van der Waals surface area contributed by atoms with Crippen LogP contribution in [0.4, 0.5) is 0 Å². The van der Waals surface area contributed by atoms with Crippen LogP contribution >= 0.6 is 23.1 Å². The number of amides is 2. The van der Waals surface area contributed by atoms with Crippen molar-refractivity contribution in [3.05, 3.63) is 88.1 Å². The highest BCUT2D eigenvalue weighted by molar-refractivity contribution is 8.00. The van der Waals surface area contributed by atoms with E-state index in [1.807, 2.05) is 57.5 Å². The molecule has 2 amide bonds. The largest absolute Gasteiger partial charge is 0.340 e. The van der Waals surface area contributed by atoms with Gasteiger partial charge in [0.05, 0.1) is 18.3 Å². The number of hydrogen-bond donors (Lipinski definition) is 0. The van der Waals surface area contributed by atoms with Gasteiger partial charge in [-0.3, -0.25) is 14.5 Å². The molecule has 0 bridgehead atoms. The van der Waals surface area contributed by atoms with Gasteiger partial charge in [-0.25, -0.2) is 0 Å². The predicted molar refractivity (Wildman–Crippen MR) is 143 cm³/mol. The lowest BCUT2D eigenvalue weighted by atomic mass is 9.93. The van der Waals surface area contributed by atoms with Gasteiger partial charge in [0.2, 0.25) is 11.8 Å². The normalized spacial score (nSPS) is 18.7. The fourth-order valence-corrected chi connectivity index (χ4v) is 6.73. The van der Waals surface area contributed by atoms with E-state index in [1.54, 1.807) is 11.8 Å². The zero-order chi connectivity index (χ0) is 24.0. The number of thioether (sulfide) groups is 1. The van der Waals surface area contributed by atoms with Gasteiger partial charge in [0.25, 0.3) is 0 Å². The summed E-state index contributed by atoms with van der Waals surface area (Å²) in [5.41, 5.74) is 2.58. The molecule has 0 spiro atoms. The van der Waals surface area contributed by atoms with Crippen LogP contribution in [0, 0.1) is 0 Å². The smallest absolute Gasteiger partial charge is 0.236 e. The van der Waals surface area contributed by atoms with Crippen molar-refractivity contribution in [3.63, 3.8) is 0 Å². The van der Waals surface area contributed by atoms with E-state index in [2.05, 4.69) is 40.6 Å². The van der Waals surface area contributed by atoms with Crippen LogP contribution in [0.25, 0.3) is 0 Å². The van der Waals surface area contributed by atoms with Crippen molar-refractivity contribution in [2.75, 3.05) is 45.0 Å². The number of fused-ring (bicyclic) bond motifs is 1. The standard InChI is InChI=1S/C28H31N3O2S2/c32-26(20-31-16-12-25-24(13-19-34-25)28(31)22-8-3-1-4-9-22)29-14-7-15-30(18-17-29)27(33)21-35-23-10-5-2-6-11-23/h1-6,8-11,13,19,28H,7,12,14-18,20-21H2. The van der Waals surface area contributed by atoms with Crippen LogP contribution in [0.15, 0.2) is 77.0 Å². The van der Waals surface area contributed by atoms with Gasteiger partial charge in [-0.2, -0.15) is 0 Å². The molecular formula is C28H31N3O2S2. The monoisotopic (exact) mass is 505 g/mol. The average molecular weight is 506 g/mol. The van der Waals surface area contributed by atoms with E-state index in [0.717, 1.165) is 24.3 Å². The summed E-state index contributed by atoms with van der Waals surface area (Å²) in [7, 11) is 0. The second-order valence-corrected chi connectivity index (χ2v) is 11.1. The first-order valence-electron chi connectivity index (χ1n) is 12.3. The van der Waals surface area contributed by atoms with E-state index < -0.39 is 0 Å². The van der Waals surface area contributed by atoms with Gasteiger partial charge in [-0.05, 0) is 47.5 Å². The van der Waals surface area contributed by atoms with Gasteiger partial charge < -0.3 is 9.80 Å². The summed E-state index contributed by atoms with van der Waals surface area (Å²) in [5, 5.41) is 2.17. The van der Waals surface area contributed by atoms with Gasteiger partial charge in [0.15, 0.2) is 0 Å². The van der Waals surface area contributed by atoms with Crippen molar-refractivity contribution < 1.29 is 9.59 Å². The van der Waals surface area contributed by atoms with Crippen LogP contribution in [-0.4, -0.2) is 71.5 Å². The van der Waals surface area contributed by atoms with Crippen molar-refractivity contribution in [2.24, 2.45) is 0 Å². The van der Waals surface area contributed by atoms with Gasteiger partial charge in [-0.1, -0.05) is 48.5 Å². The zero-order valence-electron chi connectivity index (χ0n) is 19.8. The Morgan fingerprint density at radius 2 is 1.51 bits per heavy atom. The molecule has 3 heterocycles. The molecule has 1 aromatic heterocycles. The number of nitrogens with zero attached hydrogens (tertiary/aromatic N) is 3. The van der Waals surface area contributed by atoms with E-state index in [0.29, 0.717) is 38.5 Å². The summed E-state index contributed by atoms with van der Waals surface area (Å²) in [6, 6.07) is 22.9. The lowest BCUT2D eigenvalue weighted by molar-refractivity contribution is -0.133. The van der Waals surface area contributed by atoms with Crippen LogP contribution in [-0.2, 0) is 16.0 Å². The topological polar surface area (TPSA) is 43.9 Å². The molecule has 1 fully saturated rings. The number of thiophene rings is 1. The Balaban J connectivity index is 1.19. The molecule has 1 atom stereocenters. The number of carbonyl (C=O) groups excluding carboxylic acids is 2. The summed E-state index contributed by atoms with van der Waals surface area (Å²) in [5.74, 6) is 0.754. The Morgan fingerprint density at radius 1 is 0.829 bits per heavy atom. The van der Waals surface area contributed by atoms with E-state index in [9.17, 15) is 9.59 Å². The molecule has 0 saturated carbocycles. The summed E-state index contributed by atoms with van der Waals surface area (Å²) >= 11 is 3.39. The molecule has 2 aliphatic rings. The summed E-state index contributed by atoms with van der Waals surface area (Å²) in [6.07, 6.45) is 1.81. The van der Waals surface area contributed by atoms with Crippen molar-refractivity contribution in [2.45, 2.75) is 23.8 Å². The van der Waals surface area contributed by atoms with Gasteiger partial charge >= 0.3 is 0 Å². The van der Waals surface area contributed by atoms with Crippen LogP contribution in [0.2, 0.25) is 0 Å². The highest BCUT2D eigenvalue weighted by Crippen LogP contribution is 2.37. The molecule has 2 aliphatic heterocycles. The Kier molecular flexibility index (Phi) is 7.86. The zero-order valence-corrected chi connectivity index (χ0v) is 21.5. The Morgan fingerprint density at radius 3 is 2.26 bits per heavy atom. The number of benzene rings is 2. The molecule has 0 aliphatic carbocycles. The maximum atomic E-state index is 13.4. The molecule has 3 aromatic rings. The predicted octanol–water partition coefficient (Wildman–Crippen LogP) is 4.55. The Hall–Kier alpha value is -2.61. The second-order valence-electron chi connectivity index (χ2n) is 9.05. The van der Waals surface area contributed by atoms with Gasteiger partial charge in [0, 0.05) is 42.5 Å². The van der Waals surface area contributed by atoms with Crippen LogP contribution < -0.4 is 0 Å². The van der Waals surface area contributed by atoms with E-state index in [-0.39, 0.29) is 17.9 Å². The lowest BCUT2D eigenvalue weighted by Gasteiger charge is -2.37. The van der Waals surface area contributed by atoms with Gasteiger partial charge in [0.1, 0.15) is 0 Å². The number of rotatable bonds is 6. The Labute approximate surface area is 215 Å². The van der Waals surface area contributed by atoms with Crippen LogP contribution in [0.1, 0.15) is 28.5 Å². The first-order chi connectivity index (χ1) is 17.2. The molecule has 5 rings (SSSR count). The lowest BCUT2D eigenvalue weighted by Crippen LogP contribution is -2.45. The first-order valence-corrected chi connectivity index (χ1v) is 14.1. The highest BCUT2D eigenvalue weighted by Gasteiger charge is 2.32. The molecule has 182 valence electrons. The SMILES string of the molecule is O=C(CSc1ccccc1)N1CCCN(C(=O)CN2CCc3sccc3C2c2ccccc2)CC1. The minimum absolute atomic E-state index is 0.121. The first kappa shape index (κ1) is 24.1. The van der Waals surface area contributed by atoms with Crippen molar-refractivity contribution in [1.82, 2.24) is 14.7 Å². The summed E-state index contributed by atoms with van der Waals surface area (Å²) in [6.45, 7) is 3.93. The average Bonchev–Trinajstić information content (AvgIpc) is 3.23.